The summed E-state index contributed by atoms with van der Waals surface area (Å²) in [5.74, 6) is 0.320. The molecule has 0 radical (unpaired) electrons. The van der Waals surface area contributed by atoms with Crippen LogP contribution in [0.15, 0.2) is 34.1 Å². The standard InChI is InChI=1S/C18H23N6O8P/c19-18-23-16-12(17(27)24-18)22-10(6-21-16)5-20-9-3-1-8(2-4-9)15-14(26)13(25)11(32-15)7-31-33(28,29)30/h1-4,11,13-15,20,25-26H,5-7H2,(H2,28,29,30)(H4,19,21,23,24,27)/p-2/t11-,13-,14-,15+/m1/s1. The Balaban J connectivity index is 1.37. The van der Waals surface area contributed by atoms with Gasteiger partial charge in [-0.1, -0.05) is 12.1 Å². The molecule has 2 aliphatic rings. The van der Waals surface area contributed by atoms with Gasteiger partial charge in [0, 0.05) is 5.69 Å². The third kappa shape index (κ3) is 5.39. The van der Waals surface area contributed by atoms with E-state index in [1.54, 1.807) is 24.3 Å². The summed E-state index contributed by atoms with van der Waals surface area (Å²) in [7, 11) is -5.23. The highest BCUT2D eigenvalue weighted by Gasteiger charge is 2.43. The predicted octanol–water partition coefficient (Wildman–Crippen LogP) is -2.03. The first-order valence-electron chi connectivity index (χ1n) is 9.83. The number of nitrogens with two attached hydrogens (primary N) is 1. The summed E-state index contributed by atoms with van der Waals surface area (Å²) in [5.41, 5.74) is 7.13. The number of aliphatic hydroxyl groups excluding tert-OH is 2. The number of anilines is 3. The minimum Gasteiger partial charge on any atom is -0.790 e. The highest BCUT2D eigenvalue weighted by molar-refractivity contribution is 7.43. The number of hydrogen-bond donors (Lipinski definition) is 6. The summed E-state index contributed by atoms with van der Waals surface area (Å²) in [4.78, 5) is 44.0. The predicted molar refractivity (Wildman–Crippen MR) is 113 cm³/mol. The lowest BCUT2D eigenvalue weighted by Crippen LogP contribution is -2.34. The number of H-pyrrole nitrogens is 1. The molecule has 1 saturated heterocycles. The number of aliphatic hydroxyl groups is 2. The molecule has 7 N–H and O–H groups in total. The van der Waals surface area contributed by atoms with Crippen molar-refractivity contribution in [3.8, 4) is 0 Å². The molecule has 1 aromatic carbocycles. The lowest BCUT2D eigenvalue weighted by Gasteiger charge is -2.30. The van der Waals surface area contributed by atoms with Gasteiger partial charge < -0.3 is 50.2 Å². The van der Waals surface area contributed by atoms with Crippen molar-refractivity contribution in [1.29, 1.82) is 0 Å². The number of aromatic nitrogens is 2. The average Bonchev–Trinajstić information content (AvgIpc) is 3.05. The Morgan fingerprint density at radius 1 is 1.27 bits per heavy atom. The maximum atomic E-state index is 12.0. The van der Waals surface area contributed by atoms with Crippen LogP contribution in [0.5, 0.6) is 0 Å². The van der Waals surface area contributed by atoms with Crippen molar-refractivity contribution in [2.45, 2.75) is 24.4 Å². The van der Waals surface area contributed by atoms with Crippen molar-refractivity contribution in [2.75, 3.05) is 36.1 Å². The fourth-order valence-corrected chi connectivity index (χ4v) is 3.85. The van der Waals surface area contributed by atoms with Gasteiger partial charge in [-0.2, -0.15) is 4.98 Å². The maximum Gasteiger partial charge on any atom is 0.280 e. The van der Waals surface area contributed by atoms with E-state index in [0.717, 1.165) is 0 Å². The number of fused-ring (bicyclic) bond motifs is 1. The van der Waals surface area contributed by atoms with Crippen LogP contribution >= 0.6 is 7.82 Å². The van der Waals surface area contributed by atoms with E-state index < -0.39 is 44.4 Å². The maximum absolute atomic E-state index is 12.0. The van der Waals surface area contributed by atoms with Gasteiger partial charge in [0.05, 0.1) is 33.2 Å². The lowest BCUT2D eigenvalue weighted by molar-refractivity contribution is -0.343. The van der Waals surface area contributed by atoms with Crippen LogP contribution in [0.2, 0.25) is 0 Å². The molecule has 0 saturated carbocycles. The number of hydrogen-bond acceptors (Lipinski definition) is 13. The first-order valence-corrected chi connectivity index (χ1v) is 11.3. The molecule has 4 rings (SSSR count). The van der Waals surface area contributed by atoms with E-state index in [1.807, 2.05) is 0 Å². The van der Waals surface area contributed by atoms with Crippen LogP contribution in [-0.2, 0) is 13.8 Å². The molecule has 3 heterocycles. The Hall–Kier alpha value is -2.84. The highest BCUT2D eigenvalue weighted by Crippen LogP contribution is 2.36. The first kappa shape index (κ1) is 23.3. The normalized spacial score (nSPS) is 24.7. The first-order chi connectivity index (χ1) is 15.6. The van der Waals surface area contributed by atoms with Gasteiger partial charge in [0.2, 0.25) is 5.95 Å². The summed E-state index contributed by atoms with van der Waals surface area (Å²) in [6.45, 7) is 0.0146. The third-order valence-electron chi connectivity index (χ3n) is 5.14. The summed E-state index contributed by atoms with van der Waals surface area (Å²) in [6, 6.07) is 6.74. The largest absolute Gasteiger partial charge is 0.790 e. The Morgan fingerprint density at radius 2 is 2.00 bits per heavy atom. The fourth-order valence-electron chi connectivity index (χ4n) is 3.52. The van der Waals surface area contributed by atoms with Gasteiger partial charge in [-0.3, -0.25) is 9.78 Å². The summed E-state index contributed by atoms with van der Waals surface area (Å²) < 4.78 is 20.3. The van der Waals surface area contributed by atoms with Gasteiger partial charge in [0.25, 0.3) is 5.56 Å². The van der Waals surface area contributed by atoms with Crippen LogP contribution in [0.25, 0.3) is 0 Å². The molecule has 15 heteroatoms. The van der Waals surface area contributed by atoms with E-state index in [0.29, 0.717) is 35.9 Å². The molecule has 2 aliphatic heterocycles. The fraction of sp³-hybridized carbons (Fsp3) is 0.389. The minimum atomic E-state index is -5.23. The van der Waals surface area contributed by atoms with Gasteiger partial charge in [0.1, 0.15) is 24.4 Å². The van der Waals surface area contributed by atoms with Gasteiger partial charge in [-0.25, -0.2) is 4.99 Å². The van der Waals surface area contributed by atoms with Gasteiger partial charge in [0.15, 0.2) is 11.5 Å². The molecule has 0 bridgehead atoms. The number of aromatic amines is 1. The van der Waals surface area contributed by atoms with Crippen LogP contribution in [0, 0.1) is 0 Å². The smallest absolute Gasteiger partial charge is 0.280 e. The number of aliphatic imine (C=N–C) groups is 1. The highest BCUT2D eigenvalue weighted by atomic mass is 31.2. The average molecular weight is 480 g/mol. The minimum absolute atomic E-state index is 0.00153. The zero-order chi connectivity index (χ0) is 23.8. The second-order valence-electron chi connectivity index (χ2n) is 7.47. The molecule has 0 aliphatic carbocycles. The van der Waals surface area contributed by atoms with E-state index >= 15 is 0 Å². The number of phosphoric acid groups is 1. The number of nitrogens with one attached hydrogen (secondary N) is 3. The molecular weight excluding hydrogens is 459 g/mol. The molecule has 14 nitrogen and oxygen atoms in total. The zero-order valence-electron chi connectivity index (χ0n) is 17.0. The Kier molecular flexibility index (Phi) is 6.50. The lowest BCUT2D eigenvalue weighted by atomic mass is 10.0. The number of nitrogen functional groups attached to an aromatic ring is 1. The molecule has 1 fully saturated rings. The topological polar surface area (TPSA) is 230 Å². The third-order valence-corrected chi connectivity index (χ3v) is 5.60. The van der Waals surface area contributed by atoms with E-state index in [9.17, 15) is 29.4 Å². The van der Waals surface area contributed by atoms with Crippen LogP contribution < -0.4 is 31.7 Å². The van der Waals surface area contributed by atoms with Crippen LogP contribution in [-0.4, -0.2) is 63.9 Å². The monoisotopic (exact) mass is 480 g/mol. The Bertz CT molecular complexity index is 1150. The van der Waals surface area contributed by atoms with E-state index in [4.69, 9.17) is 10.5 Å². The second kappa shape index (κ2) is 9.19. The summed E-state index contributed by atoms with van der Waals surface area (Å²) >= 11 is 0. The number of benzene rings is 1. The zero-order valence-corrected chi connectivity index (χ0v) is 17.9. The summed E-state index contributed by atoms with van der Waals surface area (Å²) in [5, 5.41) is 26.4. The van der Waals surface area contributed by atoms with Crippen molar-refractivity contribution < 1.29 is 33.8 Å². The van der Waals surface area contributed by atoms with Crippen molar-refractivity contribution in [3.05, 3.63) is 40.2 Å². The molecule has 4 atom stereocenters. The number of nitrogens with zero attached hydrogens (tertiary/aromatic N) is 2. The number of phosphoric ester groups is 1. The Labute approximate surface area is 186 Å². The molecule has 1 aromatic heterocycles. The summed E-state index contributed by atoms with van der Waals surface area (Å²) in [6.07, 6.45) is -4.87. The molecular formula is C18H21N6O8P-2. The van der Waals surface area contributed by atoms with E-state index in [-0.39, 0.29) is 11.6 Å². The molecule has 0 unspecified atom stereocenters. The molecule has 0 spiro atoms. The molecule has 0 amide bonds. The molecule has 178 valence electrons. The number of rotatable bonds is 7. The van der Waals surface area contributed by atoms with Gasteiger partial charge in [-0.05, 0) is 17.7 Å². The second-order valence-corrected chi connectivity index (χ2v) is 8.63. The SMILES string of the molecule is Nc1nc2c(c(=O)[nH]1)N=C(CNc1ccc([C@@H]3O[C@H](COP(=O)([O-])[O-])[C@@H](O)[C@H]3O)cc1)CN2. The van der Waals surface area contributed by atoms with E-state index in [1.165, 1.54) is 0 Å². The number of ether oxygens (including phenoxy) is 1. The van der Waals surface area contributed by atoms with Crippen molar-refractivity contribution in [2.24, 2.45) is 4.99 Å². The van der Waals surface area contributed by atoms with Gasteiger partial charge >= 0.3 is 0 Å². The Morgan fingerprint density at radius 3 is 2.70 bits per heavy atom. The van der Waals surface area contributed by atoms with Crippen LogP contribution in [0.3, 0.4) is 0 Å². The quantitative estimate of drug-likeness (QED) is 0.236. The molecule has 2 aromatic rings. The van der Waals surface area contributed by atoms with E-state index in [2.05, 4.69) is 30.1 Å². The van der Waals surface area contributed by atoms with Gasteiger partial charge in [-0.15, -0.1) is 0 Å². The van der Waals surface area contributed by atoms with Crippen molar-refractivity contribution in [3.63, 3.8) is 0 Å². The van der Waals surface area contributed by atoms with Crippen LogP contribution in [0.4, 0.5) is 23.1 Å². The van der Waals surface area contributed by atoms with Crippen LogP contribution in [0.1, 0.15) is 11.7 Å². The van der Waals surface area contributed by atoms with Crippen molar-refractivity contribution in [1.82, 2.24) is 9.97 Å². The van der Waals surface area contributed by atoms with Crippen molar-refractivity contribution >= 4 is 36.7 Å². The molecule has 33 heavy (non-hydrogen) atoms.